The van der Waals surface area contributed by atoms with Crippen molar-refractivity contribution in [1.82, 2.24) is 4.98 Å². The Labute approximate surface area is 72.0 Å². The zero-order valence-electron chi connectivity index (χ0n) is 7.00. The molecule has 1 aromatic heterocycles. The van der Waals surface area contributed by atoms with E-state index in [-0.39, 0.29) is 0 Å². The average Bonchev–Trinajstić information content (AvgIpc) is 2.03. The molecule has 5 heteroatoms. The summed E-state index contributed by atoms with van der Waals surface area (Å²) in [6.45, 7) is 0. The second-order valence-corrected chi connectivity index (χ2v) is 4.58. The molecule has 1 atom stereocenters. The predicted octanol–water partition coefficient (Wildman–Crippen LogP) is 1.16. The van der Waals surface area contributed by atoms with Crippen LogP contribution in [0, 0.1) is 4.78 Å². The summed E-state index contributed by atoms with van der Waals surface area (Å²) < 4.78 is 18.4. The van der Waals surface area contributed by atoms with Gasteiger partial charge in [0.2, 0.25) is 0 Å². The van der Waals surface area contributed by atoms with Gasteiger partial charge in [-0.15, -0.1) is 0 Å². The fraction of sp³-hybridized carbons (Fsp3) is 0.286. The number of nitrogens with zero attached hydrogens (tertiary/aromatic N) is 1. The van der Waals surface area contributed by atoms with Gasteiger partial charge >= 0.3 is 0 Å². The van der Waals surface area contributed by atoms with Crippen LogP contribution in [0.15, 0.2) is 23.4 Å². The molecule has 1 heterocycles. The lowest BCUT2D eigenvalue weighted by Crippen LogP contribution is -1.98. The van der Waals surface area contributed by atoms with E-state index >= 15 is 0 Å². The molecule has 66 valence electrons. The van der Waals surface area contributed by atoms with E-state index in [0.717, 1.165) is 5.69 Å². The highest BCUT2D eigenvalue weighted by atomic mass is 32.2. The number of hydrogen-bond acceptors (Lipinski definition) is 4. The summed E-state index contributed by atoms with van der Waals surface area (Å²) in [5.41, 5.74) is 0.849. The summed E-state index contributed by atoms with van der Waals surface area (Å²) in [7, 11) is -0.888. The zero-order chi connectivity index (χ0) is 9.19. The van der Waals surface area contributed by atoms with Crippen LogP contribution in [0.5, 0.6) is 0 Å². The Kier molecular flexibility index (Phi) is 2.32. The van der Waals surface area contributed by atoms with Crippen LogP contribution < -0.4 is 5.32 Å². The molecule has 0 aliphatic heterocycles. The van der Waals surface area contributed by atoms with Gasteiger partial charge in [-0.3, -0.25) is 0 Å². The Morgan fingerprint density at radius 2 is 2.25 bits per heavy atom. The fourth-order valence-electron chi connectivity index (χ4n) is 0.759. The molecule has 0 fully saturated rings. The highest BCUT2D eigenvalue weighted by molar-refractivity contribution is 7.91. The van der Waals surface area contributed by atoms with Crippen LogP contribution in [-0.2, 0) is 9.73 Å². The standard InChI is InChI=1S/C7H11N3OS/c1-9-6-3-4-7(10-5-6)12(2,8)11/h3-5,8-9H,1-2H3. The molecular formula is C7H11N3OS. The van der Waals surface area contributed by atoms with Crippen molar-refractivity contribution in [2.45, 2.75) is 5.03 Å². The molecule has 0 bridgehead atoms. The smallest absolute Gasteiger partial charge is 0.135 e. The van der Waals surface area contributed by atoms with Gasteiger partial charge in [0.1, 0.15) is 5.03 Å². The molecule has 1 rings (SSSR count). The van der Waals surface area contributed by atoms with E-state index in [1.54, 1.807) is 25.4 Å². The first-order chi connectivity index (χ1) is 5.54. The number of aromatic nitrogens is 1. The molecule has 1 unspecified atom stereocenters. The maximum absolute atomic E-state index is 11.2. The van der Waals surface area contributed by atoms with Gasteiger partial charge in [-0.1, -0.05) is 0 Å². The van der Waals surface area contributed by atoms with E-state index in [4.69, 9.17) is 4.78 Å². The van der Waals surface area contributed by atoms with Crippen LogP contribution >= 0.6 is 0 Å². The Morgan fingerprint density at radius 1 is 1.58 bits per heavy atom. The first-order valence-electron chi connectivity index (χ1n) is 3.41. The summed E-state index contributed by atoms with van der Waals surface area (Å²) in [6, 6.07) is 3.35. The van der Waals surface area contributed by atoms with Crippen molar-refractivity contribution in [3.63, 3.8) is 0 Å². The molecule has 0 aliphatic carbocycles. The monoisotopic (exact) mass is 185 g/mol. The van der Waals surface area contributed by atoms with Gasteiger partial charge in [0.05, 0.1) is 21.6 Å². The fourth-order valence-corrected chi connectivity index (χ4v) is 1.34. The van der Waals surface area contributed by atoms with E-state index in [0.29, 0.717) is 5.03 Å². The van der Waals surface area contributed by atoms with Crippen molar-refractivity contribution in [2.75, 3.05) is 18.6 Å². The Morgan fingerprint density at radius 3 is 2.58 bits per heavy atom. The Hall–Kier alpha value is -1.10. The second kappa shape index (κ2) is 3.10. The topological polar surface area (TPSA) is 65.8 Å². The molecule has 0 amide bonds. The van der Waals surface area contributed by atoms with E-state index < -0.39 is 9.73 Å². The van der Waals surface area contributed by atoms with Crippen LogP contribution in [0.3, 0.4) is 0 Å². The molecule has 2 N–H and O–H groups in total. The molecule has 1 aromatic rings. The lowest BCUT2D eigenvalue weighted by Gasteiger charge is -2.01. The van der Waals surface area contributed by atoms with E-state index in [2.05, 4.69) is 10.3 Å². The molecule has 12 heavy (non-hydrogen) atoms. The van der Waals surface area contributed by atoms with E-state index in [9.17, 15) is 4.21 Å². The summed E-state index contributed by atoms with van der Waals surface area (Å²) >= 11 is 0. The Bertz CT molecular complexity index is 355. The van der Waals surface area contributed by atoms with E-state index in [1.807, 2.05) is 0 Å². The van der Waals surface area contributed by atoms with Gasteiger partial charge in [-0.25, -0.2) is 14.0 Å². The minimum absolute atomic E-state index is 0.321. The number of anilines is 1. The van der Waals surface area contributed by atoms with Gasteiger partial charge in [0.25, 0.3) is 0 Å². The molecule has 0 saturated heterocycles. The highest BCUT2D eigenvalue weighted by Gasteiger charge is 2.02. The molecule has 0 saturated carbocycles. The third-order valence-corrected chi connectivity index (χ3v) is 2.46. The minimum atomic E-state index is -2.67. The predicted molar refractivity (Wildman–Crippen MR) is 48.8 cm³/mol. The van der Waals surface area contributed by atoms with E-state index in [1.165, 1.54) is 6.26 Å². The summed E-state index contributed by atoms with van der Waals surface area (Å²) in [4.78, 5) is 3.90. The number of nitrogens with one attached hydrogen (secondary N) is 2. The van der Waals surface area contributed by atoms with Crippen LogP contribution in [-0.4, -0.2) is 22.5 Å². The third kappa shape index (κ3) is 1.94. The van der Waals surface area contributed by atoms with Crippen LogP contribution in [0.4, 0.5) is 5.69 Å². The number of rotatable bonds is 2. The zero-order valence-corrected chi connectivity index (χ0v) is 7.81. The van der Waals surface area contributed by atoms with Crippen LogP contribution in [0.1, 0.15) is 0 Å². The highest BCUT2D eigenvalue weighted by Crippen LogP contribution is 2.09. The number of pyridine rings is 1. The molecule has 0 aliphatic rings. The molecule has 0 spiro atoms. The Balaban J connectivity index is 3.09. The van der Waals surface area contributed by atoms with Gasteiger partial charge < -0.3 is 5.32 Å². The SMILES string of the molecule is CNc1ccc(S(C)(=N)=O)nc1. The molecular weight excluding hydrogens is 174 g/mol. The van der Waals surface area contributed by atoms with Gasteiger partial charge in [-0.05, 0) is 12.1 Å². The first-order valence-corrected chi connectivity index (χ1v) is 5.38. The summed E-state index contributed by atoms with van der Waals surface area (Å²) in [5.74, 6) is 0. The largest absolute Gasteiger partial charge is 0.387 e. The lowest BCUT2D eigenvalue weighted by atomic mass is 10.4. The van der Waals surface area contributed by atoms with Crippen LogP contribution in [0.25, 0.3) is 0 Å². The quantitative estimate of drug-likeness (QED) is 0.726. The second-order valence-electron chi connectivity index (χ2n) is 2.48. The normalized spacial score (nSPS) is 15.2. The third-order valence-electron chi connectivity index (χ3n) is 1.42. The summed E-state index contributed by atoms with van der Waals surface area (Å²) in [5, 5.41) is 3.21. The van der Waals surface area contributed by atoms with Crippen molar-refractivity contribution in [3.8, 4) is 0 Å². The maximum atomic E-state index is 11.2. The first kappa shape index (κ1) is 8.99. The van der Waals surface area contributed by atoms with Crippen LogP contribution in [0.2, 0.25) is 0 Å². The average molecular weight is 185 g/mol. The van der Waals surface area contributed by atoms with Crippen molar-refractivity contribution >= 4 is 15.4 Å². The van der Waals surface area contributed by atoms with Crippen molar-refractivity contribution < 1.29 is 4.21 Å². The van der Waals surface area contributed by atoms with Gasteiger partial charge in [0.15, 0.2) is 0 Å². The van der Waals surface area contributed by atoms with Crippen molar-refractivity contribution in [3.05, 3.63) is 18.3 Å². The van der Waals surface area contributed by atoms with Gasteiger partial charge in [0, 0.05) is 13.3 Å². The van der Waals surface area contributed by atoms with Crippen molar-refractivity contribution in [2.24, 2.45) is 0 Å². The van der Waals surface area contributed by atoms with Crippen molar-refractivity contribution in [1.29, 1.82) is 4.78 Å². The van der Waals surface area contributed by atoms with Gasteiger partial charge in [-0.2, -0.15) is 0 Å². The molecule has 4 nitrogen and oxygen atoms in total. The number of hydrogen-bond donors (Lipinski definition) is 2. The lowest BCUT2D eigenvalue weighted by molar-refractivity contribution is 0.676. The molecule has 0 aromatic carbocycles. The minimum Gasteiger partial charge on any atom is -0.387 e. The molecule has 0 radical (unpaired) electrons. The maximum Gasteiger partial charge on any atom is 0.135 e. The summed E-state index contributed by atoms with van der Waals surface area (Å²) in [6.07, 6.45) is 2.92.